The molecule has 2 N–H and O–H groups in total. The van der Waals surface area contributed by atoms with Gasteiger partial charge in [-0.05, 0) is 24.3 Å². The van der Waals surface area contributed by atoms with Gasteiger partial charge in [-0.1, -0.05) is 6.07 Å². The van der Waals surface area contributed by atoms with Crippen molar-refractivity contribution in [3.8, 4) is 0 Å². The summed E-state index contributed by atoms with van der Waals surface area (Å²) in [6.45, 7) is 0.638. The fourth-order valence-corrected chi connectivity index (χ4v) is 3.66. The maximum absolute atomic E-state index is 12.4. The number of aryl methyl sites for hydroxylation is 1. The topological polar surface area (TPSA) is 118 Å². The van der Waals surface area contributed by atoms with Gasteiger partial charge in [-0.25, -0.2) is 8.42 Å². The number of rotatable bonds is 5. The molecule has 1 aromatic carbocycles. The van der Waals surface area contributed by atoms with Crippen LogP contribution in [0.5, 0.6) is 0 Å². The van der Waals surface area contributed by atoms with Crippen LogP contribution in [0.4, 0.5) is 5.69 Å². The number of amidine groups is 1. The highest BCUT2D eigenvalue weighted by Crippen LogP contribution is 2.24. The first-order chi connectivity index (χ1) is 13.8. The second-order valence-electron chi connectivity index (χ2n) is 6.89. The molecule has 0 aliphatic carbocycles. The van der Waals surface area contributed by atoms with Gasteiger partial charge < -0.3 is 10.6 Å². The Bertz CT molecular complexity index is 1250. The van der Waals surface area contributed by atoms with Crippen molar-refractivity contribution >= 4 is 38.2 Å². The molecular weight excluding hydrogens is 392 g/mol. The molecule has 0 atom stereocenters. The minimum absolute atomic E-state index is 0.0433. The summed E-state index contributed by atoms with van der Waals surface area (Å²) >= 11 is 0. The minimum atomic E-state index is -3.14. The third-order valence-corrected chi connectivity index (χ3v) is 5.56. The molecule has 0 saturated carbocycles. The number of aromatic nitrogens is 3. The Labute approximate surface area is 167 Å². The first-order valence-corrected chi connectivity index (χ1v) is 11.1. The lowest BCUT2D eigenvalue weighted by Crippen LogP contribution is -2.29. The molecule has 0 unspecified atom stereocenters. The van der Waals surface area contributed by atoms with E-state index < -0.39 is 15.7 Å². The Balaban J connectivity index is 1.55. The zero-order valence-electron chi connectivity index (χ0n) is 16.0. The highest BCUT2D eigenvalue weighted by Gasteiger charge is 2.19. The zero-order chi connectivity index (χ0) is 20.6. The van der Waals surface area contributed by atoms with Gasteiger partial charge >= 0.3 is 0 Å². The fourth-order valence-electron chi connectivity index (χ4n) is 3.19. The molecule has 0 fully saturated rings. The van der Waals surface area contributed by atoms with E-state index in [1.165, 1.54) is 0 Å². The van der Waals surface area contributed by atoms with Crippen LogP contribution in [0.25, 0.3) is 10.9 Å². The van der Waals surface area contributed by atoms with Crippen LogP contribution in [0.3, 0.4) is 0 Å². The summed E-state index contributed by atoms with van der Waals surface area (Å²) < 4.78 is 24.1. The summed E-state index contributed by atoms with van der Waals surface area (Å²) in [7, 11) is -1.39. The van der Waals surface area contributed by atoms with Crippen LogP contribution in [-0.2, 0) is 23.4 Å². The van der Waals surface area contributed by atoms with Crippen LogP contribution in [0.2, 0.25) is 0 Å². The van der Waals surface area contributed by atoms with Crippen LogP contribution >= 0.6 is 0 Å². The zero-order valence-corrected chi connectivity index (χ0v) is 16.8. The smallest absolute Gasteiger partial charge is 0.272 e. The second kappa shape index (κ2) is 7.28. The van der Waals surface area contributed by atoms with Gasteiger partial charge in [0.2, 0.25) is 0 Å². The van der Waals surface area contributed by atoms with E-state index in [9.17, 15) is 13.2 Å². The molecule has 2 aromatic heterocycles. The quantitative estimate of drug-likeness (QED) is 0.648. The maximum Gasteiger partial charge on any atom is 0.272 e. The lowest BCUT2D eigenvalue weighted by atomic mass is 10.1. The van der Waals surface area contributed by atoms with Crippen molar-refractivity contribution in [2.75, 3.05) is 23.9 Å². The normalized spacial score (nSPS) is 13.2. The molecule has 0 radical (unpaired) electrons. The number of amides is 1. The molecule has 3 heterocycles. The van der Waals surface area contributed by atoms with Crippen LogP contribution in [-0.4, -0.2) is 53.5 Å². The molecule has 0 bridgehead atoms. The molecule has 1 aliphatic rings. The van der Waals surface area contributed by atoms with Gasteiger partial charge in [0.25, 0.3) is 5.91 Å². The molecule has 0 spiro atoms. The van der Waals surface area contributed by atoms with Crippen LogP contribution < -0.4 is 10.6 Å². The summed E-state index contributed by atoms with van der Waals surface area (Å²) in [5.74, 6) is 0.189. The van der Waals surface area contributed by atoms with E-state index >= 15 is 0 Å². The number of nitrogens with one attached hydrogen (secondary N) is 2. The predicted molar refractivity (Wildman–Crippen MR) is 111 cm³/mol. The van der Waals surface area contributed by atoms with Crippen molar-refractivity contribution < 1.29 is 13.2 Å². The molecule has 9 nitrogen and oxygen atoms in total. The van der Waals surface area contributed by atoms with Crippen LogP contribution in [0.1, 0.15) is 21.7 Å². The van der Waals surface area contributed by atoms with Crippen LogP contribution in [0.15, 0.2) is 41.5 Å². The number of nitrogens with zero attached hydrogens (tertiary/aromatic N) is 4. The van der Waals surface area contributed by atoms with Gasteiger partial charge in [0.15, 0.2) is 11.5 Å². The van der Waals surface area contributed by atoms with Crippen LogP contribution in [0, 0.1) is 0 Å². The number of carbonyl (C=O) groups excluding carboxylic acids is 1. The number of carbonyl (C=O) groups is 1. The number of hydrogen-bond acceptors (Lipinski definition) is 7. The van der Waals surface area contributed by atoms with E-state index in [-0.39, 0.29) is 18.0 Å². The van der Waals surface area contributed by atoms with E-state index in [0.717, 1.165) is 28.7 Å². The van der Waals surface area contributed by atoms with Crippen molar-refractivity contribution in [2.24, 2.45) is 12.0 Å². The van der Waals surface area contributed by atoms with E-state index in [4.69, 9.17) is 0 Å². The second-order valence-corrected chi connectivity index (χ2v) is 9.15. The lowest BCUT2D eigenvalue weighted by molar-refractivity contribution is 0.0952. The van der Waals surface area contributed by atoms with E-state index in [2.05, 4.69) is 25.7 Å². The largest absolute Gasteiger partial charge is 0.350 e. The number of fused-ring (bicyclic) bond motifs is 2. The van der Waals surface area contributed by atoms with Gasteiger partial charge in [0.05, 0.1) is 17.8 Å². The monoisotopic (exact) mass is 412 g/mol. The molecule has 1 amide bonds. The van der Waals surface area contributed by atoms with Gasteiger partial charge in [0.1, 0.15) is 15.5 Å². The fraction of sp³-hybridized carbons (Fsp3) is 0.263. The molecule has 4 rings (SSSR count). The van der Waals surface area contributed by atoms with Crippen molar-refractivity contribution in [3.05, 3.63) is 53.5 Å². The minimum Gasteiger partial charge on any atom is -0.350 e. The summed E-state index contributed by atoms with van der Waals surface area (Å²) in [5, 5.41) is 10.9. The Morgan fingerprint density at radius 3 is 2.90 bits per heavy atom. The van der Waals surface area contributed by atoms with Crippen molar-refractivity contribution in [2.45, 2.75) is 6.54 Å². The summed E-state index contributed by atoms with van der Waals surface area (Å²) in [4.78, 5) is 21.3. The van der Waals surface area contributed by atoms with Crippen molar-refractivity contribution in [1.29, 1.82) is 0 Å². The molecule has 0 saturated heterocycles. The van der Waals surface area contributed by atoms with E-state index in [1.54, 1.807) is 17.9 Å². The Morgan fingerprint density at radius 2 is 2.10 bits per heavy atom. The first kappa shape index (κ1) is 19.1. The number of pyridine rings is 1. The highest BCUT2D eigenvalue weighted by atomic mass is 32.2. The number of sulfone groups is 1. The van der Waals surface area contributed by atoms with E-state index in [0.29, 0.717) is 17.8 Å². The summed E-state index contributed by atoms with van der Waals surface area (Å²) in [6.07, 6.45) is 2.87. The average Bonchev–Trinajstić information content (AvgIpc) is 3.22. The van der Waals surface area contributed by atoms with E-state index in [1.807, 2.05) is 30.3 Å². The standard InChI is InChI=1S/C19H20N6O3S/c1-25-15-10-13(23-18-16-12(11-22-18)4-3-7-20-16)5-6-14(15)17(24-25)19(26)21-8-9-29(2,27)28/h3-7,10H,8-9,11H2,1-2H3,(H,21,26)(H,22,23). The number of aliphatic imine (C=N–C) groups is 1. The summed E-state index contributed by atoms with van der Waals surface area (Å²) in [6, 6.07) is 9.44. The van der Waals surface area contributed by atoms with Gasteiger partial charge in [0, 0.05) is 42.7 Å². The summed E-state index contributed by atoms with van der Waals surface area (Å²) in [5.41, 5.74) is 3.74. The third-order valence-electron chi connectivity index (χ3n) is 4.61. The lowest BCUT2D eigenvalue weighted by Gasteiger charge is -2.07. The Kier molecular flexibility index (Phi) is 4.79. The SMILES string of the molecule is Cn1nc(C(=O)NCCS(C)(=O)=O)c2ccc(NC3=NCc4cccnc43)cc21. The molecule has 10 heteroatoms. The maximum atomic E-state index is 12.4. The third kappa shape index (κ3) is 3.97. The van der Waals surface area contributed by atoms with Gasteiger partial charge in [-0.2, -0.15) is 5.10 Å². The van der Waals surface area contributed by atoms with Crippen molar-refractivity contribution in [1.82, 2.24) is 20.1 Å². The molecule has 150 valence electrons. The van der Waals surface area contributed by atoms with Gasteiger partial charge in [-0.15, -0.1) is 0 Å². The van der Waals surface area contributed by atoms with Crippen molar-refractivity contribution in [3.63, 3.8) is 0 Å². The molecule has 3 aromatic rings. The Hall–Kier alpha value is -3.27. The first-order valence-electron chi connectivity index (χ1n) is 9.00. The Morgan fingerprint density at radius 1 is 1.28 bits per heavy atom. The predicted octanol–water partition coefficient (Wildman–Crippen LogP) is 1.12. The number of hydrogen-bond donors (Lipinski definition) is 2. The average molecular weight is 412 g/mol. The number of anilines is 1. The molecule has 29 heavy (non-hydrogen) atoms. The molecular formula is C19H20N6O3S. The van der Waals surface area contributed by atoms with Gasteiger partial charge in [-0.3, -0.25) is 19.5 Å². The highest BCUT2D eigenvalue weighted by molar-refractivity contribution is 7.90. The number of benzene rings is 1. The molecule has 1 aliphatic heterocycles.